The first-order chi connectivity index (χ1) is 7.69. The van der Waals surface area contributed by atoms with Crippen molar-refractivity contribution in [3.63, 3.8) is 0 Å². The van der Waals surface area contributed by atoms with Gasteiger partial charge in [0.1, 0.15) is 0 Å². The van der Waals surface area contributed by atoms with E-state index in [2.05, 4.69) is 63.6 Å². The molecule has 92 valence electrons. The molecule has 17 heavy (non-hydrogen) atoms. The summed E-state index contributed by atoms with van der Waals surface area (Å²) in [7, 11) is -2.45. The minimum Gasteiger partial charge on any atom is -0.0795 e. The van der Waals surface area contributed by atoms with Crippen LogP contribution in [-0.4, -0.2) is 16.1 Å². The molecule has 0 nitrogen and oxygen atoms in total. The fraction of sp³-hybridized carbons (Fsp3) is 0.467. The molecule has 1 aliphatic carbocycles. The van der Waals surface area contributed by atoms with Gasteiger partial charge in [-0.3, -0.25) is 0 Å². The van der Waals surface area contributed by atoms with E-state index in [0.717, 1.165) is 6.42 Å². The molecule has 0 unspecified atom stereocenters. The van der Waals surface area contributed by atoms with Gasteiger partial charge in [0.25, 0.3) is 0 Å². The SMILES string of the molecule is C[Si](C)(C)c1cc2c(cc1[Si](C)(C)C)CC=C2. The van der Waals surface area contributed by atoms with Gasteiger partial charge in [-0.05, 0) is 17.5 Å². The van der Waals surface area contributed by atoms with Gasteiger partial charge in [0.05, 0.1) is 16.1 Å². The van der Waals surface area contributed by atoms with Crippen LogP contribution in [0.1, 0.15) is 11.1 Å². The molecule has 2 rings (SSSR count). The van der Waals surface area contributed by atoms with Crippen LogP contribution in [0.25, 0.3) is 6.08 Å². The average Bonchev–Trinajstić information content (AvgIpc) is 2.59. The monoisotopic (exact) mass is 260 g/mol. The summed E-state index contributed by atoms with van der Waals surface area (Å²) >= 11 is 0. The highest BCUT2D eigenvalue weighted by Crippen LogP contribution is 2.20. The lowest BCUT2D eigenvalue weighted by molar-refractivity contribution is 1.32. The number of benzene rings is 1. The summed E-state index contributed by atoms with van der Waals surface area (Å²) in [5, 5.41) is 3.40. The van der Waals surface area contributed by atoms with Gasteiger partial charge in [-0.25, -0.2) is 0 Å². The molecule has 0 spiro atoms. The zero-order valence-electron chi connectivity index (χ0n) is 12.0. The van der Waals surface area contributed by atoms with E-state index in [0.29, 0.717) is 0 Å². The van der Waals surface area contributed by atoms with Gasteiger partial charge in [-0.15, -0.1) is 0 Å². The second-order valence-corrected chi connectivity index (χ2v) is 17.3. The van der Waals surface area contributed by atoms with Crippen molar-refractivity contribution in [2.75, 3.05) is 0 Å². The van der Waals surface area contributed by atoms with Crippen molar-refractivity contribution >= 4 is 32.6 Å². The van der Waals surface area contributed by atoms with E-state index in [-0.39, 0.29) is 0 Å². The molecule has 0 amide bonds. The molecule has 1 aromatic carbocycles. The number of rotatable bonds is 2. The molecular formula is C15H24Si2. The lowest BCUT2D eigenvalue weighted by Gasteiger charge is -2.29. The Morgan fingerprint density at radius 2 is 1.35 bits per heavy atom. The quantitative estimate of drug-likeness (QED) is 0.716. The first kappa shape index (κ1) is 12.8. The molecule has 2 heteroatoms. The van der Waals surface area contributed by atoms with Crippen LogP contribution >= 0.6 is 0 Å². The minimum absolute atomic E-state index is 1.14. The predicted molar refractivity (Wildman–Crippen MR) is 85.1 cm³/mol. The van der Waals surface area contributed by atoms with Gasteiger partial charge in [-0.1, -0.05) is 73.9 Å². The second-order valence-electron chi connectivity index (χ2n) is 7.20. The van der Waals surface area contributed by atoms with E-state index in [1.165, 1.54) is 5.56 Å². The maximum Gasteiger partial charge on any atom is 0.0774 e. The lowest BCUT2D eigenvalue weighted by Crippen LogP contribution is -2.56. The molecule has 0 saturated heterocycles. The van der Waals surface area contributed by atoms with E-state index in [1.54, 1.807) is 15.9 Å². The van der Waals surface area contributed by atoms with Crippen LogP contribution in [-0.2, 0) is 6.42 Å². The van der Waals surface area contributed by atoms with Crippen LogP contribution in [0.4, 0.5) is 0 Å². The van der Waals surface area contributed by atoms with Crippen molar-refractivity contribution in [3.05, 3.63) is 29.3 Å². The Balaban J connectivity index is 2.67. The molecular weight excluding hydrogens is 236 g/mol. The Hall–Kier alpha value is -0.606. The van der Waals surface area contributed by atoms with Crippen molar-refractivity contribution in [2.24, 2.45) is 0 Å². The average molecular weight is 261 g/mol. The maximum absolute atomic E-state index is 2.52. The molecule has 0 N–H and O–H groups in total. The summed E-state index contributed by atoms with van der Waals surface area (Å²) in [5.74, 6) is 0. The van der Waals surface area contributed by atoms with Gasteiger partial charge in [0.2, 0.25) is 0 Å². The first-order valence-electron chi connectivity index (χ1n) is 6.54. The maximum atomic E-state index is 2.52. The van der Waals surface area contributed by atoms with Crippen molar-refractivity contribution < 1.29 is 0 Å². The Bertz CT molecular complexity index is 471. The van der Waals surface area contributed by atoms with E-state index >= 15 is 0 Å². The zero-order valence-corrected chi connectivity index (χ0v) is 14.0. The van der Waals surface area contributed by atoms with Crippen LogP contribution in [0, 0.1) is 0 Å². The molecule has 1 aliphatic rings. The van der Waals surface area contributed by atoms with Gasteiger partial charge in [0, 0.05) is 0 Å². The third-order valence-electron chi connectivity index (χ3n) is 3.53. The Labute approximate surface area is 108 Å². The summed E-state index contributed by atoms with van der Waals surface area (Å²) in [6.07, 6.45) is 5.73. The third kappa shape index (κ3) is 2.48. The number of hydrogen-bond acceptors (Lipinski definition) is 0. The highest BCUT2D eigenvalue weighted by molar-refractivity contribution is 6.98. The molecule has 0 radical (unpaired) electrons. The van der Waals surface area contributed by atoms with E-state index in [1.807, 2.05) is 0 Å². The van der Waals surface area contributed by atoms with Gasteiger partial charge in [-0.2, -0.15) is 0 Å². The van der Waals surface area contributed by atoms with Crippen molar-refractivity contribution in [3.8, 4) is 0 Å². The lowest BCUT2D eigenvalue weighted by atomic mass is 10.1. The van der Waals surface area contributed by atoms with Crippen LogP contribution in [0.15, 0.2) is 18.2 Å². The Morgan fingerprint density at radius 3 is 1.88 bits per heavy atom. The fourth-order valence-corrected chi connectivity index (χ4v) is 7.75. The largest absolute Gasteiger partial charge is 0.0795 e. The predicted octanol–water partition coefficient (Wildman–Crippen LogP) is 3.35. The molecule has 0 bridgehead atoms. The van der Waals surface area contributed by atoms with Crippen LogP contribution in [0.2, 0.25) is 39.3 Å². The Morgan fingerprint density at radius 1 is 0.824 bits per heavy atom. The standard InChI is InChI=1S/C15H24Si2/c1-16(2,3)14-10-12-8-7-9-13(12)11-15(14)17(4,5)6/h7-8,10-11H,9H2,1-6H3. The molecule has 1 aromatic rings. The molecule has 0 atom stereocenters. The molecule has 0 fully saturated rings. The fourth-order valence-electron chi connectivity index (χ4n) is 2.55. The molecule has 0 saturated carbocycles. The van der Waals surface area contributed by atoms with Gasteiger partial charge < -0.3 is 0 Å². The van der Waals surface area contributed by atoms with E-state index < -0.39 is 16.1 Å². The summed E-state index contributed by atoms with van der Waals surface area (Å²) in [5.41, 5.74) is 3.02. The van der Waals surface area contributed by atoms with Crippen molar-refractivity contribution in [1.82, 2.24) is 0 Å². The number of fused-ring (bicyclic) bond motifs is 1. The van der Waals surface area contributed by atoms with Crippen molar-refractivity contribution in [1.29, 1.82) is 0 Å². The highest BCUT2D eigenvalue weighted by atomic mass is 28.3. The van der Waals surface area contributed by atoms with Crippen LogP contribution < -0.4 is 10.4 Å². The summed E-state index contributed by atoms with van der Waals surface area (Å²) in [6.45, 7) is 14.8. The second kappa shape index (κ2) is 3.96. The van der Waals surface area contributed by atoms with Crippen LogP contribution in [0.5, 0.6) is 0 Å². The summed E-state index contributed by atoms with van der Waals surface area (Å²) in [4.78, 5) is 0. The zero-order chi connectivity index (χ0) is 12.8. The smallest absolute Gasteiger partial charge is 0.0774 e. The highest BCUT2D eigenvalue weighted by Gasteiger charge is 2.28. The molecule has 0 aromatic heterocycles. The van der Waals surface area contributed by atoms with Crippen molar-refractivity contribution in [2.45, 2.75) is 45.7 Å². The minimum atomic E-state index is -1.23. The first-order valence-corrected chi connectivity index (χ1v) is 13.5. The van der Waals surface area contributed by atoms with Gasteiger partial charge >= 0.3 is 0 Å². The Kier molecular flexibility index (Phi) is 2.99. The molecule has 0 aliphatic heterocycles. The van der Waals surface area contributed by atoms with E-state index in [4.69, 9.17) is 0 Å². The van der Waals surface area contributed by atoms with Crippen LogP contribution in [0.3, 0.4) is 0 Å². The number of hydrogen-bond donors (Lipinski definition) is 0. The summed E-state index contributed by atoms with van der Waals surface area (Å²) in [6, 6.07) is 5.02. The topological polar surface area (TPSA) is 0 Å². The molecule has 0 heterocycles. The van der Waals surface area contributed by atoms with Gasteiger partial charge in [0.15, 0.2) is 0 Å². The van der Waals surface area contributed by atoms with E-state index in [9.17, 15) is 0 Å². The normalized spacial score (nSPS) is 15.2. The number of allylic oxidation sites excluding steroid dienone is 1. The third-order valence-corrected chi connectivity index (χ3v) is 7.84. The summed E-state index contributed by atoms with van der Waals surface area (Å²) < 4.78 is 0.